The van der Waals surface area contributed by atoms with Gasteiger partial charge in [0.05, 0.1) is 30.2 Å². The summed E-state index contributed by atoms with van der Waals surface area (Å²) in [6.07, 6.45) is -1.66. The molecule has 4 rings (SSSR count). The number of alkyl halides is 3. The fourth-order valence-corrected chi connectivity index (χ4v) is 4.43. The summed E-state index contributed by atoms with van der Waals surface area (Å²) < 4.78 is 43.2. The van der Waals surface area contributed by atoms with Crippen LogP contribution in [0.15, 0.2) is 41.6 Å². The van der Waals surface area contributed by atoms with Gasteiger partial charge in [0.1, 0.15) is 17.1 Å². The predicted molar refractivity (Wildman–Crippen MR) is 116 cm³/mol. The number of nitrogens with zero attached hydrogens (tertiary/aromatic N) is 4. The van der Waals surface area contributed by atoms with Crippen molar-refractivity contribution in [2.75, 3.05) is 6.61 Å². The molecular weight excluding hydrogens is 453 g/mol. The van der Waals surface area contributed by atoms with Crippen LogP contribution in [0.3, 0.4) is 0 Å². The van der Waals surface area contributed by atoms with E-state index in [2.05, 4.69) is 4.98 Å². The largest absolute Gasteiger partial charge is 0.507 e. The van der Waals surface area contributed by atoms with E-state index < -0.39 is 47.6 Å². The normalized spacial score (nSPS) is 17.1. The lowest BCUT2D eigenvalue weighted by Gasteiger charge is -2.40. The van der Waals surface area contributed by atoms with Crippen LogP contribution in [0.5, 0.6) is 5.75 Å². The van der Waals surface area contributed by atoms with Crippen LogP contribution >= 0.6 is 0 Å². The number of halogens is 3. The quantitative estimate of drug-likeness (QED) is 0.603. The number of amides is 1. The number of rotatable bonds is 4. The number of aliphatic hydroxyl groups is 1. The average molecular weight is 476 g/mol. The molecule has 0 spiro atoms. The van der Waals surface area contributed by atoms with Gasteiger partial charge in [-0.1, -0.05) is 6.07 Å². The minimum Gasteiger partial charge on any atom is -0.507 e. The van der Waals surface area contributed by atoms with Crippen molar-refractivity contribution in [3.63, 3.8) is 0 Å². The first kappa shape index (κ1) is 23.6. The van der Waals surface area contributed by atoms with Gasteiger partial charge in [-0.2, -0.15) is 13.2 Å². The minimum atomic E-state index is -4.82. The first-order valence-electron chi connectivity index (χ1n) is 10.5. The molecule has 1 aliphatic heterocycles. The molecule has 34 heavy (non-hydrogen) atoms. The SMILES string of the molecule is Cc1cc(C(CO)N2C(=O)c3ccc(-n4cnc(C)c4)c(=O)n3CC2C)c(O)c(C(F)(F)F)c1. The Morgan fingerprint density at radius 1 is 1.21 bits per heavy atom. The number of hydrogen-bond acceptors (Lipinski definition) is 5. The van der Waals surface area contributed by atoms with Crippen molar-refractivity contribution in [3.05, 3.63) is 75.2 Å². The highest BCUT2D eigenvalue weighted by Gasteiger charge is 2.40. The number of aromatic nitrogens is 3. The molecule has 2 aromatic heterocycles. The summed E-state index contributed by atoms with van der Waals surface area (Å²) in [5, 5.41) is 20.5. The first-order valence-corrected chi connectivity index (χ1v) is 10.5. The van der Waals surface area contributed by atoms with E-state index in [-0.39, 0.29) is 23.4 Å². The van der Waals surface area contributed by atoms with Gasteiger partial charge >= 0.3 is 6.18 Å². The fraction of sp³-hybridized carbons (Fsp3) is 0.348. The van der Waals surface area contributed by atoms with Crippen molar-refractivity contribution in [2.24, 2.45) is 0 Å². The summed E-state index contributed by atoms with van der Waals surface area (Å²) >= 11 is 0. The van der Waals surface area contributed by atoms with Gasteiger partial charge in [0.15, 0.2) is 0 Å². The smallest absolute Gasteiger partial charge is 0.419 e. The van der Waals surface area contributed by atoms with Crippen LogP contribution < -0.4 is 5.56 Å². The number of carbonyl (C=O) groups excluding carboxylic acids is 1. The molecule has 3 aromatic rings. The Hall–Kier alpha value is -3.60. The summed E-state index contributed by atoms with van der Waals surface area (Å²) in [6, 6.07) is 3.15. The van der Waals surface area contributed by atoms with E-state index in [9.17, 15) is 33.0 Å². The van der Waals surface area contributed by atoms with Crippen molar-refractivity contribution >= 4 is 5.91 Å². The molecule has 2 N–H and O–H groups in total. The maximum atomic E-state index is 13.4. The molecule has 11 heteroatoms. The molecule has 2 atom stereocenters. The minimum absolute atomic E-state index is 0.0327. The topological polar surface area (TPSA) is 101 Å². The van der Waals surface area contributed by atoms with Crippen LogP contribution in [0.25, 0.3) is 5.69 Å². The molecule has 1 aliphatic rings. The van der Waals surface area contributed by atoms with Crippen molar-refractivity contribution < 1.29 is 28.2 Å². The lowest BCUT2D eigenvalue weighted by molar-refractivity contribution is -0.138. The molecule has 180 valence electrons. The van der Waals surface area contributed by atoms with E-state index in [4.69, 9.17) is 0 Å². The zero-order valence-electron chi connectivity index (χ0n) is 18.7. The van der Waals surface area contributed by atoms with Crippen LogP contribution in [0.4, 0.5) is 13.2 Å². The van der Waals surface area contributed by atoms with E-state index in [1.807, 2.05) is 0 Å². The standard InChI is InChI=1S/C23H23F3N4O4/c1-12-6-15(20(32)16(7-12)23(24,25)26)19(10-31)30-14(3)9-29-18(22(30)34)5-4-17(21(29)33)28-8-13(2)27-11-28/h4-8,11,14,19,31-32H,9-10H2,1-3H3. The van der Waals surface area contributed by atoms with Gasteiger partial charge in [0, 0.05) is 24.3 Å². The van der Waals surface area contributed by atoms with Gasteiger partial charge in [-0.25, -0.2) is 4.98 Å². The summed E-state index contributed by atoms with van der Waals surface area (Å²) in [4.78, 5) is 31.8. The number of imidazole rings is 1. The second-order valence-corrected chi connectivity index (χ2v) is 8.45. The molecule has 1 amide bonds. The number of hydrogen-bond donors (Lipinski definition) is 2. The predicted octanol–water partition coefficient (Wildman–Crippen LogP) is 2.95. The molecular formula is C23H23F3N4O4. The van der Waals surface area contributed by atoms with Gasteiger partial charge in [0.25, 0.3) is 11.5 Å². The summed E-state index contributed by atoms with van der Waals surface area (Å²) in [7, 11) is 0. The maximum Gasteiger partial charge on any atom is 0.419 e. The number of aliphatic hydroxyl groups excluding tert-OH is 1. The van der Waals surface area contributed by atoms with Gasteiger partial charge in [-0.15, -0.1) is 0 Å². The van der Waals surface area contributed by atoms with E-state index >= 15 is 0 Å². The van der Waals surface area contributed by atoms with Crippen molar-refractivity contribution in [1.82, 2.24) is 19.0 Å². The zero-order valence-corrected chi connectivity index (χ0v) is 18.7. The fourth-order valence-electron chi connectivity index (χ4n) is 4.43. The Balaban J connectivity index is 1.79. The van der Waals surface area contributed by atoms with E-state index in [0.29, 0.717) is 11.4 Å². The number of phenolic OH excluding ortho intramolecular Hbond substituents is 1. The third kappa shape index (κ3) is 3.85. The van der Waals surface area contributed by atoms with Crippen molar-refractivity contribution in [1.29, 1.82) is 0 Å². The van der Waals surface area contributed by atoms with E-state index in [0.717, 1.165) is 6.07 Å². The summed E-state index contributed by atoms with van der Waals surface area (Å²) in [5.74, 6) is -1.68. The summed E-state index contributed by atoms with van der Waals surface area (Å²) in [6.45, 7) is 4.16. The lowest BCUT2D eigenvalue weighted by Crippen LogP contribution is -2.52. The van der Waals surface area contributed by atoms with Gasteiger partial charge in [-0.3, -0.25) is 9.59 Å². The van der Waals surface area contributed by atoms with Crippen molar-refractivity contribution in [2.45, 2.75) is 45.6 Å². The van der Waals surface area contributed by atoms with Crippen LogP contribution in [0.1, 0.15) is 45.8 Å². The zero-order chi connectivity index (χ0) is 24.9. The Morgan fingerprint density at radius 2 is 1.91 bits per heavy atom. The van der Waals surface area contributed by atoms with Crippen LogP contribution in [-0.4, -0.2) is 47.8 Å². The van der Waals surface area contributed by atoms with Crippen LogP contribution in [-0.2, 0) is 12.7 Å². The molecule has 0 saturated carbocycles. The molecule has 1 aromatic carbocycles. The van der Waals surface area contributed by atoms with Crippen molar-refractivity contribution in [3.8, 4) is 11.4 Å². The number of benzene rings is 1. The van der Waals surface area contributed by atoms with Gasteiger partial charge in [0.2, 0.25) is 0 Å². The van der Waals surface area contributed by atoms with Crippen LogP contribution in [0, 0.1) is 13.8 Å². The number of pyridine rings is 1. The molecule has 2 unspecified atom stereocenters. The molecule has 0 aliphatic carbocycles. The van der Waals surface area contributed by atoms with Gasteiger partial charge < -0.3 is 24.2 Å². The first-order chi connectivity index (χ1) is 15.9. The Labute approximate surface area is 192 Å². The number of aromatic hydroxyl groups is 1. The Bertz CT molecular complexity index is 1330. The molecule has 0 saturated heterocycles. The molecule has 0 radical (unpaired) electrons. The molecule has 0 bridgehead atoms. The number of fused-ring (bicyclic) bond motifs is 1. The van der Waals surface area contributed by atoms with E-state index in [1.54, 1.807) is 24.6 Å². The molecule has 8 nitrogen and oxygen atoms in total. The molecule has 0 fully saturated rings. The Morgan fingerprint density at radius 3 is 2.50 bits per heavy atom. The lowest BCUT2D eigenvalue weighted by atomic mass is 9.96. The van der Waals surface area contributed by atoms with Crippen LogP contribution in [0.2, 0.25) is 0 Å². The third-order valence-electron chi connectivity index (χ3n) is 5.98. The van der Waals surface area contributed by atoms with Gasteiger partial charge in [-0.05, 0) is 44.5 Å². The highest BCUT2D eigenvalue weighted by atomic mass is 19.4. The maximum absolute atomic E-state index is 13.4. The third-order valence-corrected chi connectivity index (χ3v) is 5.98. The number of aryl methyl sites for hydroxylation is 2. The average Bonchev–Trinajstić information content (AvgIpc) is 3.18. The second-order valence-electron chi connectivity index (χ2n) is 8.45. The monoisotopic (exact) mass is 476 g/mol. The van der Waals surface area contributed by atoms with E-state index in [1.165, 1.54) is 40.9 Å². The summed E-state index contributed by atoms with van der Waals surface area (Å²) in [5.41, 5.74) is -0.625. The molecule has 3 heterocycles. The highest BCUT2D eigenvalue weighted by Crippen LogP contribution is 2.42. The second kappa shape index (κ2) is 8.32. The Kier molecular flexibility index (Phi) is 5.76. The number of carbonyl (C=O) groups is 1. The number of phenols is 1. The highest BCUT2D eigenvalue weighted by molar-refractivity contribution is 5.94.